The number of nitrogens with two attached hydrogens (primary N) is 1. The zero-order valence-corrected chi connectivity index (χ0v) is 19.7. The van der Waals surface area contributed by atoms with Gasteiger partial charge in [0.1, 0.15) is 17.8 Å². The Labute approximate surface area is 205 Å². The predicted octanol–water partition coefficient (Wildman–Crippen LogP) is 3.57. The minimum atomic E-state index is -0.231. The Bertz CT molecular complexity index is 1370. The van der Waals surface area contributed by atoms with E-state index in [1.165, 1.54) is 23.7 Å². The van der Waals surface area contributed by atoms with E-state index < -0.39 is 0 Å². The highest BCUT2D eigenvalue weighted by atomic mass is 32.1. The lowest BCUT2D eigenvalue weighted by Gasteiger charge is -2.29. The molecule has 1 aliphatic rings. The zero-order valence-electron chi connectivity index (χ0n) is 18.8. The highest BCUT2D eigenvalue weighted by Crippen LogP contribution is 2.36. The van der Waals surface area contributed by atoms with Gasteiger partial charge in [-0.05, 0) is 43.9 Å². The van der Waals surface area contributed by atoms with Crippen molar-refractivity contribution in [2.45, 2.75) is 37.8 Å². The SMILES string of the molecule is C=CC(=O)NC1CCC(n2nc(-c3ccc(C(=O)Nc4nccs4)cc3)c3c(N)ncnc32)CC1. The van der Waals surface area contributed by atoms with Crippen LogP contribution in [-0.2, 0) is 4.79 Å². The zero-order chi connectivity index (χ0) is 24.4. The maximum absolute atomic E-state index is 12.5. The molecule has 1 fully saturated rings. The summed E-state index contributed by atoms with van der Waals surface area (Å²) < 4.78 is 1.93. The molecule has 0 atom stereocenters. The number of fused-ring (bicyclic) bond motifs is 1. The molecule has 35 heavy (non-hydrogen) atoms. The molecule has 1 saturated carbocycles. The fourth-order valence-electron chi connectivity index (χ4n) is 4.41. The molecule has 5 rings (SSSR count). The number of nitrogens with zero attached hydrogens (tertiary/aromatic N) is 5. The van der Waals surface area contributed by atoms with Gasteiger partial charge in [0.15, 0.2) is 10.8 Å². The highest BCUT2D eigenvalue weighted by Gasteiger charge is 2.27. The van der Waals surface area contributed by atoms with E-state index in [-0.39, 0.29) is 23.9 Å². The summed E-state index contributed by atoms with van der Waals surface area (Å²) >= 11 is 1.36. The first kappa shape index (κ1) is 22.7. The summed E-state index contributed by atoms with van der Waals surface area (Å²) in [6.07, 6.45) is 7.75. The number of hydrogen-bond acceptors (Lipinski definition) is 8. The third-order valence-electron chi connectivity index (χ3n) is 6.17. The van der Waals surface area contributed by atoms with E-state index >= 15 is 0 Å². The molecular weight excluding hydrogens is 464 g/mol. The molecule has 3 aromatic heterocycles. The molecule has 0 radical (unpaired) electrons. The number of nitrogens with one attached hydrogen (secondary N) is 2. The van der Waals surface area contributed by atoms with Gasteiger partial charge in [-0.2, -0.15) is 5.10 Å². The van der Waals surface area contributed by atoms with Gasteiger partial charge in [0.25, 0.3) is 5.91 Å². The molecule has 11 heteroatoms. The van der Waals surface area contributed by atoms with Gasteiger partial charge in [-0.1, -0.05) is 18.7 Å². The van der Waals surface area contributed by atoms with E-state index in [1.54, 1.807) is 23.7 Å². The van der Waals surface area contributed by atoms with Crippen LogP contribution in [0.15, 0.2) is 54.8 Å². The molecule has 0 saturated heterocycles. The molecule has 2 amide bonds. The second-order valence-corrected chi connectivity index (χ2v) is 9.23. The van der Waals surface area contributed by atoms with Crippen molar-refractivity contribution in [3.8, 4) is 11.3 Å². The van der Waals surface area contributed by atoms with Crippen LogP contribution < -0.4 is 16.4 Å². The van der Waals surface area contributed by atoms with E-state index in [1.807, 2.05) is 16.8 Å². The smallest absolute Gasteiger partial charge is 0.257 e. The number of benzene rings is 1. The number of thiazole rings is 1. The van der Waals surface area contributed by atoms with Crippen LogP contribution in [0.1, 0.15) is 42.1 Å². The average molecular weight is 489 g/mol. The maximum atomic E-state index is 12.5. The van der Waals surface area contributed by atoms with Gasteiger partial charge in [-0.15, -0.1) is 11.3 Å². The molecule has 1 aromatic carbocycles. The van der Waals surface area contributed by atoms with E-state index in [4.69, 9.17) is 10.8 Å². The predicted molar refractivity (Wildman–Crippen MR) is 135 cm³/mol. The minimum absolute atomic E-state index is 0.126. The number of carbonyl (C=O) groups excluding carboxylic acids is 2. The quantitative estimate of drug-likeness (QED) is 0.352. The summed E-state index contributed by atoms with van der Waals surface area (Å²) in [6.45, 7) is 3.52. The van der Waals surface area contributed by atoms with Crippen molar-refractivity contribution in [1.82, 2.24) is 30.0 Å². The number of nitrogen functional groups attached to an aromatic ring is 1. The Balaban J connectivity index is 1.41. The molecule has 3 heterocycles. The largest absolute Gasteiger partial charge is 0.383 e. The summed E-state index contributed by atoms with van der Waals surface area (Å²) in [6, 6.07) is 7.43. The Kier molecular flexibility index (Phi) is 6.23. The van der Waals surface area contributed by atoms with Crippen LogP contribution in [0.4, 0.5) is 10.9 Å². The number of amides is 2. The van der Waals surface area contributed by atoms with E-state index in [0.717, 1.165) is 31.2 Å². The van der Waals surface area contributed by atoms with Gasteiger partial charge >= 0.3 is 0 Å². The molecule has 4 N–H and O–H groups in total. The molecule has 0 bridgehead atoms. The van der Waals surface area contributed by atoms with Gasteiger partial charge in [0, 0.05) is 28.7 Å². The fourth-order valence-corrected chi connectivity index (χ4v) is 4.93. The molecule has 0 aliphatic heterocycles. The normalized spacial score (nSPS) is 17.7. The monoisotopic (exact) mass is 488 g/mol. The van der Waals surface area contributed by atoms with Crippen molar-refractivity contribution in [2.75, 3.05) is 11.1 Å². The van der Waals surface area contributed by atoms with Crippen molar-refractivity contribution >= 4 is 45.1 Å². The van der Waals surface area contributed by atoms with Crippen LogP contribution in [0.3, 0.4) is 0 Å². The molecule has 1 aliphatic carbocycles. The highest BCUT2D eigenvalue weighted by molar-refractivity contribution is 7.13. The first-order valence-corrected chi connectivity index (χ1v) is 12.1. The third kappa shape index (κ3) is 4.62. The molecule has 10 nitrogen and oxygen atoms in total. The summed E-state index contributed by atoms with van der Waals surface area (Å²) in [7, 11) is 0. The molecule has 4 aromatic rings. The van der Waals surface area contributed by atoms with Crippen molar-refractivity contribution in [1.29, 1.82) is 0 Å². The van der Waals surface area contributed by atoms with Gasteiger partial charge < -0.3 is 11.1 Å². The van der Waals surface area contributed by atoms with Crippen LogP contribution in [-0.4, -0.2) is 42.6 Å². The van der Waals surface area contributed by atoms with Crippen LogP contribution >= 0.6 is 11.3 Å². The Morgan fingerprint density at radius 1 is 1.11 bits per heavy atom. The summed E-state index contributed by atoms with van der Waals surface area (Å²) in [4.78, 5) is 36.9. The summed E-state index contributed by atoms with van der Waals surface area (Å²) in [5.74, 6) is -0.0246. The first-order valence-electron chi connectivity index (χ1n) is 11.3. The topological polar surface area (TPSA) is 141 Å². The fraction of sp³-hybridized carbons (Fsp3) is 0.250. The standard InChI is InChI=1S/C24H24N8O2S/c1-2-18(33)29-16-7-9-17(10-8-16)32-22-19(21(25)27-13-28-22)20(31-32)14-3-5-15(6-4-14)23(34)30-24-26-11-12-35-24/h2-6,11-13,16-17H,1,7-10H2,(H,29,33)(H2,25,27,28)(H,26,30,34). The number of carbonyl (C=O) groups is 2. The van der Waals surface area contributed by atoms with Gasteiger partial charge in [0.05, 0.1) is 11.4 Å². The molecular formula is C24H24N8O2S. The Morgan fingerprint density at radius 2 is 1.89 bits per heavy atom. The lowest BCUT2D eigenvalue weighted by atomic mass is 9.91. The van der Waals surface area contributed by atoms with Crippen LogP contribution in [0.5, 0.6) is 0 Å². The summed E-state index contributed by atoms with van der Waals surface area (Å²) in [5, 5.41) is 13.7. The number of anilines is 2. The maximum Gasteiger partial charge on any atom is 0.257 e. The average Bonchev–Trinajstić information content (AvgIpc) is 3.53. The van der Waals surface area contributed by atoms with Gasteiger partial charge in [-0.25, -0.2) is 19.6 Å². The first-order chi connectivity index (χ1) is 17.0. The van der Waals surface area contributed by atoms with Crippen molar-refractivity contribution in [2.24, 2.45) is 0 Å². The Hall–Kier alpha value is -4.12. The number of rotatable bonds is 6. The molecule has 178 valence electrons. The summed E-state index contributed by atoms with van der Waals surface area (Å²) in [5.41, 5.74) is 8.93. The lowest BCUT2D eigenvalue weighted by Crippen LogP contribution is -2.37. The van der Waals surface area contributed by atoms with Crippen molar-refractivity contribution in [3.05, 3.63) is 60.4 Å². The van der Waals surface area contributed by atoms with E-state index in [0.29, 0.717) is 33.2 Å². The van der Waals surface area contributed by atoms with E-state index in [9.17, 15) is 9.59 Å². The van der Waals surface area contributed by atoms with Crippen molar-refractivity contribution in [3.63, 3.8) is 0 Å². The number of hydrogen-bond donors (Lipinski definition) is 3. The van der Waals surface area contributed by atoms with Gasteiger partial charge in [-0.3, -0.25) is 14.9 Å². The second-order valence-electron chi connectivity index (χ2n) is 8.34. The molecule has 0 unspecified atom stereocenters. The van der Waals surface area contributed by atoms with Crippen LogP contribution in [0.2, 0.25) is 0 Å². The lowest BCUT2D eigenvalue weighted by molar-refractivity contribution is -0.117. The van der Waals surface area contributed by atoms with Gasteiger partial charge in [0.2, 0.25) is 5.91 Å². The Morgan fingerprint density at radius 3 is 2.57 bits per heavy atom. The minimum Gasteiger partial charge on any atom is -0.383 e. The second kappa shape index (κ2) is 9.63. The van der Waals surface area contributed by atoms with Crippen LogP contribution in [0.25, 0.3) is 22.3 Å². The van der Waals surface area contributed by atoms with Crippen LogP contribution in [0, 0.1) is 0 Å². The molecule has 0 spiro atoms. The van der Waals surface area contributed by atoms with E-state index in [2.05, 4.69) is 32.2 Å². The third-order valence-corrected chi connectivity index (χ3v) is 6.85. The number of aromatic nitrogens is 5. The van der Waals surface area contributed by atoms with Crippen molar-refractivity contribution < 1.29 is 9.59 Å².